The number of aromatic amines is 1. The Labute approximate surface area is 156 Å². The molecule has 0 aliphatic carbocycles. The number of carbonyl (C=O) groups is 2. The van der Waals surface area contributed by atoms with Gasteiger partial charge in [-0.25, -0.2) is 4.98 Å². The number of para-hydroxylation sites is 2. The van der Waals surface area contributed by atoms with Gasteiger partial charge in [0, 0.05) is 0 Å². The molecule has 7 heteroatoms. The molecule has 3 rings (SSSR count). The van der Waals surface area contributed by atoms with E-state index in [-0.39, 0.29) is 11.8 Å². The third-order valence-corrected chi connectivity index (χ3v) is 4.31. The molecule has 3 N–H and O–H groups in total. The fourth-order valence-corrected chi connectivity index (χ4v) is 2.83. The molecule has 2 aromatic carbocycles. The summed E-state index contributed by atoms with van der Waals surface area (Å²) in [5, 5.41) is 5.82. The molecule has 3 aromatic rings. The van der Waals surface area contributed by atoms with Crippen LogP contribution in [0, 0.1) is 5.92 Å². The summed E-state index contributed by atoms with van der Waals surface area (Å²) in [5.74, 6) is -0.520. The molecule has 1 atom stereocenters. The number of hydrogen-bond acceptors (Lipinski definition) is 3. The van der Waals surface area contributed by atoms with E-state index in [2.05, 4.69) is 20.6 Å². The van der Waals surface area contributed by atoms with Crippen molar-refractivity contribution in [2.75, 3.05) is 5.32 Å². The number of H-pyrrole nitrogens is 1. The summed E-state index contributed by atoms with van der Waals surface area (Å²) in [6.07, 6.45) is 0. The van der Waals surface area contributed by atoms with Gasteiger partial charge in [-0.3, -0.25) is 14.9 Å². The molecule has 2 amide bonds. The van der Waals surface area contributed by atoms with Gasteiger partial charge in [-0.2, -0.15) is 0 Å². The first kappa shape index (κ1) is 17.9. The predicted molar refractivity (Wildman–Crippen MR) is 102 cm³/mol. The van der Waals surface area contributed by atoms with E-state index < -0.39 is 11.9 Å². The van der Waals surface area contributed by atoms with Gasteiger partial charge in [0.1, 0.15) is 6.04 Å². The largest absolute Gasteiger partial charge is 0.340 e. The Balaban J connectivity index is 1.75. The van der Waals surface area contributed by atoms with Crippen molar-refractivity contribution in [3.63, 3.8) is 0 Å². The number of fused-ring (bicyclic) bond motifs is 1. The van der Waals surface area contributed by atoms with Crippen molar-refractivity contribution >= 4 is 40.4 Å². The van der Waals surface area contributed by atoms with E-state index in [0.717, 1.165) is 11.0 Å². The van der Waals surface area contributed by atoms with Crippen LogP contribution in [0.5, 0.6) is 0 Å². The highest BCUT2D eigenvalue weighted by Gasteiger charge is 2.26. The number of nitrogens with one attached hydrogen (secondary N) is 3. The first-order valence-electron chi connectivity index (χ1n) is 8.26. The number of nitrogens with zero attached hydrogens (tertiary/aromatic N) is 1. The van der Waals surface area contributed by atoms with E-state index in [1.165, 1.54) is 0 Å². The highest BCUT2D eigenvalue weighted by molar-refractivity contribution is 6.33. The van der Waals surface area contributed by atoms with Gasteiger partial charge in [-0.1, -0.05) is 49.7 Å². The fourth-order valence-electron chi connectivity index (χ4n) is 2.61. The Morgan fingerprint density at radius 2 is 1.77 bits per heavy atom. The van der Waals surface area contributed by atoms with Crippen molar-refractivity contribution in [1.29, 1.82) is 0 Å². The molecular formula is C19H19ClN4O2. The van der Waals surface area contributed by atoms with E-state index in [1.54, 1.807) is 24.3 Å². The third kappa shape index (κ3) is 3.86. The molecule has 1 heterocycles. The molecule has 0 saturated carbocycles. The van der Waals surface area contributed by atoms with E-state index in [9.17, 15) is 9.59 Å². The molecule has 0 spiro atoms. The predicted octanol–water partition coefficient (Wildman–Crippen LogP) is 3.61. The molecule has 26 heavy (non-hydrogen) atoms. The van der Waals surface area contributed by atoms with Crippen LogP contribution in [0.1, 0.15) is 24.2 Å². The zero-order valence-corrected chi connectivity index (χ0v) is 15.2. The van der Waals surface area contributed by atoms with Crippen LogP contribution in [-0.4, -0.2) is 27.8 Å². The molecule has 134 valence electrons. The quantitative estimate of drug-likeness (QED) is 0.641. The fraction of sp³-hybridized carbons (Fsp3) is 0.211. The highest BCUT2D eigenvalue weighted by Crippen LogP contribution is 2.17. The second-order valence-electron chi connectivity index (χ2n) is 6.27. The Morgan fingerprint density at radius 1 is 1.08 bits per heavy atom. The van der Waals surface area contributed by atoms with Crippen LogP contribution in [0.2, 0.25) is 5.02 Å². The average molecular weight is 371 g/mol. The van der Waals surface area contributed by atoms with Crippen LogP contribution in [0.15, 0.2) is 48.5 Å². The second kappa shape index (κ2) is 7.58. The van der Waals surface area contributed by atoms with Crippen LogP contribution in [0.25, 0.3) is 11.0 Å². The number of rotatable bonds is 5. The minimum atomic E-state index is -0.730. The SMILES string of the molecule is CC(C)C(NC(=O)c1ccccc1Cl)C(=O)Nc1nc2ccccc2[nH]1. The molecule has 0 aliphatic rings. The van der Waals surface area contributed by atoms with Crippen molar-refractivity contribution in [1.82, 2.24) is 15.3 Å². The molecular weight excluding hydrogens is 352 g/mol. The molecule has 1 unspecified atom stereocenters. The summed E-state index contributed by atoms with van der Waals surface area (Å²) in [7, 11) is 0. The van der Waals surface area contributed by atoms with E-state index in [0.29, 0.717) is 16.5 Å². The lowest BCUT2D eigenvalue weighted by Crippen LogP contribution is -2.47. The van der Waals surface area contributed by atoms with Crippen molar-refractivity contribution < 1.29 is 9.59 Å². The van der Waals surface area contributed by atoms with E-state index in [4.69, 9.17) is 11.6 Å². The summed E-state index contributed by atoms with van der Waals surface area (Å²) < 4.78 is 0. The lowest BCUT2D eigenvalue weighted by atomic mass is 10.0. The van der Waals surface area contributed by atoms with Crippen molar-refractivity contribution in [3.8, 4) is 0 Å². The molecule has 0 radical (unpaired) electrons. The first-order valence-corrected chi connectivity index (χ1v) is 8.64. The molecule has 0 saturated heterocycles. The Hall–Kier alpha value is -2.86. The van der Waals surface area contributed by atoms with Gasteiger partial charge >= 0.3 is 0 Å². The number of imidazole rings is 1. The number of benzene rings is 2. The van der Waals surface area contributed by atoms with E-state index in [1.807, 2.05) is 38.1 Å². The summed E-state index contributed by atoms with van der Waals surface area (Å²) in [6, 6.07) is 13.5. The summed E-state index contributed by atoms with van der Waals surface area (Å²) >= 11 is 6.06. The van der Waals surface area contributed by atoms with Gasteiger partial charge in [0.25, 0.3) is 5.91 Å². The maximum Gasteiger partial charge on any atom is 0.253 e. The number of hydrogen-bond donors (Lipinski definition) is 3. The minimum Gasteiger partial charge on any atom is -0.340 e. The van der Waals surface area contributed by atoms with Gasteiger partial charge in [-0.15, -0.1) is 0 Å². The van der Waals surface area contributed by atoms with Crippen molar-refractivity contribution in [2.24, 2.45) is 5.92 Å². The van der Waals surface area contributed by atoms with Crippen molar-refractivity contribution in [3.05, 3.63) is 59.1 Å². The molecule has 0 aliphatic heterocycles. The second-order valence-corrected chi connectivity index (χ2v) is 6.67. The van der Waals surface area contributed by atoms with Gasteiger partial charge in [0.05, 0.1) is 21.6 Å². The van der Waals surface area contributed by atoms with Crippen LogP contribution in [0.4, 0.5) is 5.95 Å². The van der Waals surface area contributed by atoms with Crippen LogP contribution >= 0.6 is 11.6 Å². The number of aromatic nitrogens is 2. The Kier molecular flexibility index (Phi) is 5.23. The maximum atomic E-state index is 12.7. The Morgan fingerprint density at radius 3 is 2.46 bits per heavy atom. The van der Waals surface area contributed by atoms with E-state index >= 15 is 0 Å². The third-order valence-electron chi connectivity index (χ3n) is 3.99. The lowest BCUT2D eigenvalue weighted by Gasteiger charge is -2.21. The normalized spacial score (nSPS) is 12.2. The number of anilines is 1. The standard InChI is InChI=1S/C19H19ClN4O2/c1-11(2)16(23-17(25)12-7-3-4-8-13(12)20)18(26)24-19-21-14-9-5-6-10-15(14)22-19/h3-11,16H,1-2H3,(H,23,25)(H2,21,22,24,26). The summed E-state index contributed by atoms with van der Waals surface area (Å²) in [6.45, 7) is 3.71. The minimum absolute atomic E-state index is 0.120. The topological polar surface area (TPSA) is 86.9 Å². The van der Waals surface area contributed by atoms with Crippen LogP contribution in [-0.2, 0) is 4.79 Å². The molecule has 6 nitrogen and oxygen atoms in total. The zero-order valence-electron chi connectivity index (χ0n) is 14.4. The van der Waals surface area contributed by atoms with Gasteiger partial charge < -0.3 is 10.3 Å². The maximum absolute atomic E-state index is 12.7. The van der Waals surface area contributed by atoms with Gasteiger partial charge in [0.15, 0.2) is 0 Å². The van der Waals surface area contributed by atoms with Gasteiger partial charge in [-0.05, 0) is 30.2 Å². The van der Waals surface area contributed by atoms with Gasteiger partial charge in [0.2, 0.25) is 11.9 Å². The molecule has 1 aromatic heterocycles. The summed E-state index contributed by atoms with van der Waals surface area (Å²) in [4.78, 5) is 32.5. The van der Waals surface area contributed by atoms with Crippen LogP contribution < -0.4 is 10.6 Å². The number of amides is 2. The average Bonchev–Trinajstić information content (AvgIpc) is 3.01. The smallest absolute Gasteiger partial charge is 0.253 e. The zero-order chi connectivity index (χ0) is 18.7. The monoisotopic (exact) mass is 370 g/mol. The lowest BCUT2D eigenvalue weighted by molar-refractivity contribution is -0.118. The first-order chi connectivity index (χ1) is 12.5. The number of halogens is 1. The molecule has 0 fully saturated rings. The molecule has 0 bridgehead atoms. The Bertz CT molecular complexity index is 918. The number of carbonyl (C=O) groups excluding carboxylic acids is 2. The van der Waals surface area contributed by atoms with Crippen LogP contribution in [0.3, 0.4) is 0 Å². The summed E-state index contributed by atoms with van der Waals surface area (Å²) in [5.41, 5.74) is 1.91. The van der Waals surface area contributed by atoms with Crippen molar-refractivity contribution in [2.45, 2.75) is 19.9 Å². The highest BCUT2D eigenvalue weighted by atomic mass is 35.5.